The Kier molecular flexibility index (Phi) is 3.11. The first-order valence-electron chi connectivity index (χ1n) is 3.56. The van der Waals surface area contributed by atoms with E-state index in [4.69, 9.17) is 11.6 Å². The van der Waals surface area contributed by atoms with E-state index in [1.807, 2.05) is 31.2 Å². The number of hydrogen-bond donors (Lipinski definition) is 0. The van der Waals surface area contributed by atoms with E-state index in [0.29, 0.717) is 0 Å². The summed E-state index contributed by atoms with van der Waals surface area (Å²) in [6, 6.07) is 7.71. The molecule has 2 nitrogen and oxygen atoms in total. The number of rotatable bonds is 2. The molecular formula is C9H9ClO2. The van der Waals surface area contributed by atoms with E-state index in [2.05, 4.69) is 4.74 Å². The highest BCUT2D eigenvalue weighted by Crippen LogP contribution is 2.05. The largest absolute Gasteiger partial charge is 0.449 e. The maximum Gasteiger partial charge on any atom is 0.404 e. The smallest absolute Gasteiger partial charge is 0.404 e. The lowest BCUT2D eigenvalue weighted by atomic mass is 10.1. The predicted octanol–water partition coefficient (Wildman–Crippen LogP) is 2.87. The van der Waals surface area contributed by atoms with Gasteiger partial charge in [0.15, 0.2) is 0 Å². The lowest BCUT2D eigenvalue weighted by Gasteiger charge is -2.01. The van der Waals surface area contributed by atoms with Crippen molar-refractivity contribution in [2.24, 2.45) is 0 Å². The third kappa shape index (κ3) is 2.93. The number of benzene rings is 1. The summed E-state index contributed by atoms with van der Waals surface area (Å²) in [7, 11) is 0. The molecule has 1 aromatic rings. The minimum atomic E-state index is -0.767. The van der Waals surface area contributed by atoms with Gasteiger partial charge in [0, 0.05) is 11.6 Å². The van der Waals surface area contributed by atoms with E-state index in [1.54, 1.807) is 0 Å². The maximum absolute atomic E-state index is 10.2. The summed E-state index contributed by atoms with van der Waals surface area (Å²) in [4.78, 5) is 10.2. The van der Waals surface area contributed by atoms with E-state index in [9.17, 15) is 4.79 Å². The van der Waals surface area contributed by atoms with Gasteiger partial charge in [0.1, 0.15) is 6.61 Å². The average molecular weight is 185 g/mol. The van der Waals surface area contributed by atoms with E-state index in [-0.39, 0.29) is 6.61 Å². The Morgan fingerprint density at radius 1 is 1.58 bits per heavy atom. The van der Waals surface area contributed by atoms with Crippen molar-refractivity contribution in [3.8, 4) is 0 Å². The topological polar surface area (TPSA) is 26.3 Å². The number of hydrogen-bond acceptors (Lipinski definition) is 2. The van der Waals surface area contributed by atoms with Crippen LogP contribution in [0.4, 0.5) is 4.79 Å². The summed E-state index contributed by atoms with van der Waals surface area (Å²) in [5.74, 6) is 0. The summed E-state index contributed by atoms with van der Waals surface area (Å²) < 4.78 is 4.61. The molecule has 0 heterocycles. The van der Waals surface area contributed by atoms with E-state index in [0.717, 1.165) is 11.1 Å². The van der Waals surface area contributed by atoms with Gasteiger partial charge in [0.2, 0.25) is 0 Å². The number of halogens is 1. The molecule has 0 radical (unpaired) electrons. The molecule has 0 aliphatic carbocycles. The Bertz CT molecular complexity index is 284. The third-order valence-electron chi connectivity index (χ3n) is 1.43. The average Bonchev–Trinajstić information content (AvgIpc) is 2.01. The van der Waals surface area contributed by atoms with Crippen LogP contribution in [-0.2, 0) is 11.3 Å². The van der Waals surface area contributed by atoms with Gasteiger partial charge < -0.3 is 4.74 Å². The summed E-state index contributed by atoms with van der Waals surface area (Å²) in [5.41, 5.74) is 1.32. The van der Waals surface area contributed by atoms with Crippen molar-refractivity contribution in [1.82, 2.24) is 0 Å². The molecule has 0 saturated carbocycles. The first-order chi connectivity index (χ1) is 5.68. The van der Waals surface area contributed by atoms with Crippen molar-refractivity contribution in [2.75, 3.05) is 0 Å². The molecule has 0 spiro atoms. The molecule has 0 fully saturated rings. The van der Waals surface area contributed by atoms with Crippen molar-refractivity contribution in [3.63, 3.8) is 0 Å². The van der Waals surface area contributed by atoms with Crippen LogP contribution in [0.1, 0.15) is 11.1 Å². The Morgan fingerprint density at radius 2 is 2.33 bits per heavy atom. The third-order valence-corrected chi connectivity index (χ3v) is 1.54. The lowest BCUT2D eigenvalue weighted by Crippen LogP contribution is -1.94. The van der Waals surface area contributed by atoms with Gasteiger partial charge in [-0.15, -0.1) is 0 Å². The first-order valence-corrected chi connectivity index (χ1v) is 3.94. The van der Waals surface area contributed by atoms with Crippen LogP contribution in [0.5, 0.6) is 0 Å². The summed E-state index contributed by atoms with van der Waals surface area (Å²) in [6.07, 6.45) is 0. The minimum absolute atomic E-state index is 0.240. The Hall–Kier alpha value is -1.02. The van der Waals surface area contributed by atoms with Crippen molar-refractivity contribution >= 4 is 17.0 Å². The fraction of sp³-hybridized carbons (Fsp3) is 0.222. The summed E-state index contributed by atoms with van der Waals surface area (Å²) in [6.45, 7) is 2.22. The van der Waals surface area contributed by atoms with Gasteiger partial charge in [0.05, 0.1) is 0 Å². The Morgan fingerprint density at radius 3 is 2.92 bits per heavy atom. The number of carbonyl (C=O) groups is 1. The molecule has 0 unspecified atom stereocenters. The normalized spacial score (nSPS) is 9.50. The van der Waals surface area contributed by atoms with Crippen LogP contribution in [0.15, 0.2) is 24.3 Å². The van der Waals surface area contributed by atoms with Crippen LogP contribution < -0.4 is 0 Å². The molecule has 1 rings (SSSR count). The van der Waals surface area contributed by atoms with E-state index in [1.165, 1.54) is 0 Å². The van der Waals surface area contributed by atoms with Crippen LogP contribution in [0.25, 0.3) is 0 Å². The van der Waals surface area contributed by atoms with E-state index < -0.39 is 5.43 Å². The van der Waals surface area contributed by atoms with Crippen molar-refractivity contribution in [1.29, 1.82) is 0 Å². The molecule has 64 valence electrons. The highest BCUT2D eigenvalue weighted by Gasteiger charge is 1.97. The molecule has 0 aliphatic rings. The quantitative estimate of drug-likeness (QED) is 0.661. The zero-order chi connectivity index (χ0) is 8.97. The van der Waals surface area contributed by atoms with Crippen LogP contribution >= 0.6 is 11.6 Å². The fourth-order valence-corrected chi connectivity index (χ4v) is 0.997. The molecule has 0 N–H and O–H groups in total. The highest BCUT2D eigenvalue weighted by molar-refractivity contribution is 6.61. The molecule has 0 amide bonds. The molecule has 0 aromatic heterocycles. The molecule has 0 aliphatic heterocycles. The van der Waals surface area contributed by atoms with Gasteiger partial charge in [-0.1, -0.05) is 29.8 Å². The molecule has 3 heteroatoms. The predicted molar refractivity (Wildman–Crippen MR) is 47.2 cm³/mol. The first kappa shape index (κ1) is 9.07. The van der Waals surface area contributed by atoms with Crippen LogP contribution in [0.3, 0.4) is 0 Å². The van der Waals surface area contributed by atoms with Crippen molar-refractivity contribution in [2.45, 2.75) is 13.5 Å². The molecule has 0 bridgehead atoms. The van der Waals surface area contributed by atoms with Gasteiger partial charge in [-0.2, -0.15) is 0 Å². The SMILES string of the molecule is Cc1cccc(COC(=O)Cl)c1. The van der Waals surface area contributed by atoms with Gasteiger partial charge in [-0.25, -0.2) is 4.79 Å². The van der Waals surface area contributed by atoms with Crippen LogP contribution in [0, 0.1) is 6.92 Å². The number of ether oxygens (including phenoxy) is 1. The van der Waals surface area contributed by atoms with Crippen molar-refractivity contribution in [3.05, 3.63) is 35.4 Å². The molecule has 1 aromatic carbocycles. The fourth-order valence-electron chi connectivity index (χ4n) is 0.942. The lowest BCUT2D eigenvalue weighted by molar-refractivity contribution is 0.167. The van der Waals surface area contributed by atoms with Gasteiger partial charge >= 0.3 is 5.43 Å². The van der Waals surface area contributed by atoms with Crippen LogP contribution in [-0.4, -0.2) is 5.43 Å². The second-order valence-electron chi connectivity index (χ2n) is 2.52. The molecular weight excluding hydrogens is 176 g/mol. The number of carbonyl (C=O) groups excluding carboxylic acids is 1. The summed E-state index contributed by atoms with van der Waals surface area (Å²) in [5, 5.41) is 0. The molecule has 0 saturated heterocycles. The summed E-state index contributed by atoms with van der Waals surface area (Å²) >= 11 is 5.01. The molecule has 0 atom stereocenters. The van der Waals surface area contributed by atoms with Crippen LogP contribution in [0.2, 0.25) is 0 Å². The zero-order valence-electron chi connectivity index (χ0n) is 6.71. The Balaban J connectivity index is 2.57. The molecule has 12 heavy (non-hydrogen) atoms. The minimum Gasteiger partial charge on any atom is -0.449 e. The van der Waals surface area contributed by atoms with Gasteiger partial charge in [0.25, 0.3) is 0 Å². The highest BCUT2D eigenvalue weighted by atomic mass is 35.5. The second kappa shape index (κ2) is 4.12. The Labute approximate surface area is 76.1 Å². The van der Waals surface area contributed by atoms with Gasteiger partial charge in [-0.3, -0.25) is 0 Å². The standard InChI is InChI=1S/C9H9ClO2/c1-7-3-2-4-8(5-7)6-12-9(10)11/h2-5H,6H2,1H3. The zero-order valence-corrected chi connectivity index (χ0v) is 7.47. The monoisotopic (exact) mass is 184 g/mol. The second-order valence-corrected chi connectivity index (χ2v) is 2.82. The van der Waals surface area contributed by atoms with Gasteiger partial charge in [-0.05, 0) is 12.5 Å². The van der Waals surface area contributed by atoms with Crippen molar-refractivity contribution < 1.29 is 9.53 Å². The van der Waals surface area contributed by atoms with E-state index >= 15 is 0 Å². The number of aryl methyl sites for hydroxylation is 1. The maximum atomic E-state index is 10.2.